The van der Waals surface area contributed by atoms with E-state index in [9.17, 15) is 0 Å². The summed E-state index contributed by atoms with van der Waals surface area (Å²) < 4.78 is 0. The van der Waals surface area contributed by atoms with Gasteiger partial charge in [0.25, 0.3) is 0 Å². The highest BCUT2D eigenvalue weighted by Gasteiger charge is 2.19. The van der Waals surface area contributed by atoms with Gasteiger partial charge >= 0.3 is 0 Å². The summed E-state index contributed by atoms with van der Waals surface area (Å²) in [6, 6.07) is 11.8. The Morgan fingerprint density at radius 3 is 2.76 bits per heavy atom. The Hall–Kier alpha value is -0.820. The van der Waals surface area contributed by atoms with Gasteiger partial charge in [0.2, 0.25) is 0 Å². The molecule has 0 bridgehead atoms. The summed E-state index contributed by atoms with van der Waals surface area (Å²) in [7, 11) is 0. The van der Waals surface area contributed by atoms with Gasteiger partial charge in [-0.15, -0.1) is 0 Å². The molecule has 0 N–H and O–H groups in total. The Kier molecular flexibility index (Phi) is 5.06. The van der Waals surface area contributed by atoms with E-state index in [1.807, 2.05) is 0 Å². The second-order valence-corrected chi connectivity index (χ2v) is 5.16. The monoisotopic (exact) mass is 231 g/mol. The molecule has 1 atom stereocenters. The maximum atomic E-state index is 2.68. The minimum Gasteiger partial charge on any atom is -0.301 e. The van der Waals surface area contributed by atoms with Crippen molar-refractivity contribution in [3.05, 3.63) is 35.9 Å². The number of nitrogens with zero attached hydrogens (tertiary/aromatic N) is 1. The maximum absolute atomic E-state index is 2.68. The largest absolute Gasteiger partial charge is 0.301 e. The molecule has 1 heteroatoms. The SMILES string of the molecule is CCN1CCCCC1CCCc1ccccc1. The number of hydrogen-bond donors (Lipinski definition) is 0. The Labute approximate surface area is 106 Å². The van der Waals surface area contributed by atoms with Crippen molar-refractivity contribution in [3.63, 3.8) is 0 Å². The van der Waals surface area contributed by atoms with Gasteiger partial charge in [-0.3, -0.25) is 0 Å². The van der Waals surface area contributed by atoms with Crippen LogP contribution >= 0.6 is 0 Å². The first-order chi connectivity index (χ1) is 8.40. The Morgan fingerprint density at radius 1 is 1.18 bits per heavy atom. The molecule has 1 aliphatic heterocycles. The van der Waals surface area contributed by atoms with Crippen molar-refractivity contribution in [2.75, 3.05) is 13.1 Å². The topological polar surface area (TPSA) is 3.24 Å². The van der Waals surface area contributed by atoms with Crippen LogP contribution in [-0.2, 0) is 6.42 Å². The van der Waals surface area contributed by atoms with Crippen LogP contribution in [-0.4, -0.2) is 24.0 Å². The molecule has 0 spiro atoms. The Morgan fingerprint density at radius 2 is 2.00 bits per heavy atom. The lowest BCUT2D eigenvalue weighted by molar-refractivity contribution is 0.146. The number of rotatable bonds is 5. The van der Waals surface area contributed by atoms with Gasteiger partial charge in [0, 0.05) is 6.04 Å². The minimum atomic E-state index is 0.859. The van der Waals surface area contributed by atoms with Crippen LogP contribution in [0, 0.1) is 0 Å². The number of aryl methyl sites for hydroxylation is 1. The van der Waals surface area contributed by atoms with Gasteiger partial charge in [0.05, 0.1) is 0 Å². The van der Waals surface area contributed by atoms with Crippen LogP contribution in [0.2, 0.25) is 0 Å². The van der Waals surface area contributed by atoms with E-state index in [1.165, 1.54) is 57.2 Å². The van der Waals surface area contributed by atoms with Crippen molar-refractivity contribution in [3.8, 4) is 0 Å². The third-order valence-corrected chi connectivity index (χ3v) is 4.00. The van der Waals surface area contributed by atoms with E-state index in [4.69, 9.17) is 0 Å². The zero-order chi connectivity index (χ0) is 11.9. The molecule has 1 aliphatic rings. The van der Waals surface area contributed by atoms with Gasteiger partial charge in [-0.25, -0.2) is 0 Å². The van der Waals surface area contributed by atoms with Crippen molar-refractivity contribution < 1.29 is 0 Å². The molecule has 0 aromatic heterocycles. The zero-order valence-corrected chi connectivity index (χ0v) is 11.1. The third-order valence-electron chi connectivity index (χ3n) is 4.00. The highest BCUT2D eigenvalue weighted by Crippen LogP contribution is 2.21. The van der Waals surface area contributed by atoms with Gasteiger partial charge in [-0.05, 0) is 50.8 Å². The average molecular weight is 231 g/mol. The van der Waals surface area contributed by atoms with Crippen LogP contribution in [0.5, 0.6) is 0 Å². The molecule has 1 heterocycles. The van der Waals surface area contributed by atoms with Crippen molar-refractivity contribution in [2.45, 2.75) is 51.5 Å². The molecule has 17 heavy (non-hydrogen) atoms. The molecule has 0 radical (unpaired) electrons. The lowest BCUT2D eigenvalue weighted by Crippen LogP contribution is -2.39. The molecule has 1 unspecified atom stereocenters. The van der Waals surface area contributed by atoms with E-state index >= 15 is 0 Å². The Balaban J connectivity index is 1.74. The number of benzene rings is 1. The molecule has 2 rings (SSSR count). The van der Waals surface area contributed by atoms with E-state index in [-0.39, 0.29) is 0 Å². The van der Waals surface area contributed by atoms with E-state index in [2.05, 4.69) is 42.2 Å². The first-order valence-electron chi connectivity index (χ1n) is 7.18. The molecule has 1 nitrogen and oxygen atoms in total. The zero-order valence-electron chi connectivity index (χ0n) is 11.1. The van der Waals surface area contributed by atoms with Gasteiger partial charge in [0.1, 0.15) is 0 Å². The number of hydrogen-bond acceptors (Lipinski definition) is 1. The van der Waals surface area contributed by atoms with Gasteiger partial charge in [0.15, 0.2) is 0 Å². The van der Waals surface area contributed by atoms with Crippen LogP contribution < -0.4 is 0 Å². The molecule has 94 valence electrons. The molecule has 1 aromatic rings. The molecular weight excluding hydrogens is 206 g/mol. The van der Waals surface area contributed by atoms with Crippen LogP contribution in [0.1, 0.15) is 44.6 Å². The molecular formula is C16H25N. The fraction of sp³-hybridized carbons (Fsp3) is 0.625. The molecule has 1 aromatic carbocycles. The molecule has 0 saturated carbocycles. The van der Waals surface area contributed by atoms with Crippen molar-refractivity contribution >= 4 is 0 Å². The predicted molar refractivity (Wildman–Crippen MR) is 74.3 cm³/mol. The van der Waals surface area contributed by atoms with E-state index in [1.54, 1.807) is 0 Å². The summed E-state index contributed by atoms with van der Waals surface area (Å²) >= 11 is 0. The van der Waals surface area contributed by atoms with Gasteiger partial charge in [-0.2, -0.15) is 0 Å². The lowest BCUT2D eigenvalue weighted by atomic mass is 9.96. The van der Waals surface area contributed by atoms with Gasteiger partial charge in [-0.1, -0.05) is 43.7 Å². The van der Waals surface area contributed by atoms with Crippen LogP contribution in [0.15, 0.2) is 30.3 Å². The van der Waals surface area contributed by atoms with Crippen molar-refractivity contribution in [2.24, 2.45) is 0 Å². The molecule has 0 amide bonds. The van der Waals surface area contributed by atoms with Gasteiger partial charge < -0.3 is 4.90 Å². The highest BCUT2D eigenvalue weighted by atomic mass is 15.2. The van der Waals surface area contributed by atoms with Crippen LogP contribution in [0.25, 0.3) is 0 Å². The summed E-state index contributed by atoms with van der Waals surface area (Å²) in [5.74, 6) is 0. The van der Waals surface area contributed by atoms with Crippen LogP contribution in [0.4, 0.5) is 0 Å². The first kappa shape index (κ1) is 12.6. The summed E-state index contributed by atoms with van der Waals surface area (Å²) in [4.78, 5) is 2.68. The third kappa shape index (κ3) is 3.85. The molecule has 1 fully saturated rings. The smallest absolute Gasteiger partial charge is 0.00952 e. The fourth-order valence-electron chi connectivity index (χ4n) is 2.99. The lowest BCUT2D eigenvalue weighted by Gasteiger charge is -2.35. The standard InChI is InChI=1S/C16H25N/c1-2-17-14-7-6-12-16(17)13-8-11-15-9-4-3-5-10-15/h3-5,9-10,16H,2,6-8,11-14H2,1H3. The average Bonchev–Trinajstić information content (AvgIpc) is 2.40. The normalized spacial score (nSPS) is 21.6. The highest BCUT2D eigenvalue weighted by molar-refractivity contribution is 5.14. The summed E-state index contributed by atoms with van der Waals surface area (Å²) in [5.41, 5.74) is 1.49. The quantitative estimate of drug-likeness (QED) is 0.743. The maximum Gasteiger partial charge on any atom is 0.00952 e. The van der Waals surface area contributed by atoms with Crippen molar-refractivity contribution in [1.29, 1.82) is 0 Å². The van der Waals surface area contributed by atoms with Crippen molar-refractivity contribution in [1.82, 2.24) is 4.90 Å². The first-order valence-corrected chi connectivity index (χ1v) is 7.18. The fourth-order valence-corrected chi connectivity index (χ4v) is 2.99. The number of piperidine rings is 1. The summed E-state index contributed by atoms with van der Waals surface area (Å²) in [6.45, 7) is 4.86. The predicted octanol–water partition coefficient (Wildman–Crippen LogP) is 3.88. The van der Waals surface area contributed by atoms with E-state index in [0.717, 1.165) is 6.04 Å². The van der Waals surface area contributed by atoms with E-state index in [0.29, 0.717) is 0 Å². The molecule has 1 saturated heterocycles. The molecule has 0 aliphatic carbocycles. The number of likely N-dealkylation sites (tertiary alicyclic amines) is 1. The minimum absolute atomic E-state index is 0.859. The second kappa shape index (κ2) is 6.80. The second-order valence-electron chi connectivity index (χ2n) is 5.16. The van der Waals surface area contributed by atoms with Crippen LogP contribution in [0.3, 0.4) is 0 Å². The Bertz CT molecular complexity index is 307. The van der Waals surface area contributed by atoms with E-state index < -0.39 is 0 Å². The summed E-state index contributed by atoms with van der Waals surface area (Å²) in [5, 5.41) is 0. The summed E-state index contributed by atoms with van der Waals surface area (Å²) in [6.07, 6.45) is 8.22.